The summed E-state index contributed by atoms with van der Waals surface area (Å²) in [6, 6.07) is 22.8. The molecular weight excluding hydrogens is 520 g/mol. The van der Waals surface area contributed by atoms with Crippen LogP contribution in [0.3, 0.4) is 0 Å². The Morgan fingerprint density at radius 3 is 1.88 bits per heavy atom. The van der Waals surface area contributed by atoms with E-state index in [0.29, 0.717) is 23.4 Å². The standard InChI is InChI=1S/C33H28N2O6/c1-41-25-14-8-13-21(29(25)36)26-20-15-16-22-27(32(39)34(30(22)37)18-9-4-2-5-10-18)23(20)17-24-28(26)33(40)35(31(24)38)19-11-6-3-7-12-19/h2-15,22-24,26-28,36H,16-17H2,1H3. The van der Waals surface area contributed by atoms with E-state index in [1.54, 1.807) is 66.7 Å². The zero-order valence-electron chi connectivity index (χ0n) is 22.3. The first kappa shape index (κ1) is 25.3. The molecule has 3 aromatic rings. The molecule has 41 heavy (non-hydrogen) atoms. The van der Waals surface area contributed by atoms with Crippen molar-refractivity contribution in [2.75, 3.05) is 16.9 Å². The highest BCUT2D eigenvalue weighted by atomic mass is 16.5. The number of para-hydroxylation sites is 3. The van der Waals surface area contributed by atoms with E-state index >= 15 is 0 Å². The molecule has 2 aliphatic heterocycles. The summed E-state index contributed by atoms with van der Waals surface area (Å²) >= 11 is 0. The van der Waals surface area contributed by atoms with Crippen molar-refractivity contribution >= 4 is 35.0 Å². The number of aromatic hydroxyl groups is 1. The Kier molecular flexibility index (Phi) is 5.81. The molecule has 6 atom stereocenters. The summed E-state index contributed by atoms with van der Waals surface area (Å²) in [6.45, 7) is 0. The summed E-state index contributed by atoms with van der Waals surface area (Å²) in [5.41, 5.74) is 2.31. The molecule has 6 unspecified atom stereocenters. The van der Waals surface area contributed by atoms with E-state index in [4.69, 9.17) is 4.74 Å². The zero-order valence-corrected chi connectivity index (χ0v) is 22.3. The molecule has 7 rings (SSSR count). The molecule has 0 spiro atoms. The highest BCUT2D eigenvalue weighted by Crippen LogP contribution is 2.59. The van der Waals surface area contributed by atoms with Gasteiger partial charge in [-0.2, -0.15) is 0 Å². The number of benzene rings is 3. The smallest absolute Gasteiger partial charge is 0.238 e. The van der Waals surface area contributed by atoms with Crippen LogP contribution in [-0.4, -0.2) is 35.8 Å². The fourth-order valence-electron chi connectivity index (χ4n) is 7.55. The summed E-state index contributed by atoms with van der Waals surface area (Å²) < 4.78 is 5.39. The maximum Gasteiger partial charge on any atom is 0.238 e. The molecule has 1 saturated carbocycles. The van der Waals surface area contributed by atoms with E-state index in [1.165, 1.54) is 16.9 Å². The maximum absolute atomic E-state index is 14.1. The van der Waals surface area contributed by atoms with Gasteiger partial charge in [-0.3, -0.25) is 29.0 Å². The number of allylic oxidation sites excluding steroid dienone is 2. The van der Waals surface area contributed by atoms with Crippen molar-refractivity contribution in [3.63, 3.8) is 0 Å². The third-order valence-electron chi connectivity index (χ3n) is 9.26. The SMILES string of the molecule is COc1cccc(C2C3=CCC4C(=O)N(c5ccccc5)C(=O)C4C3CC3C(=O)N(c4ccccc4)C(=O)C32)c1O. The van der Waals surface area contributed by atoms with Gasteiger partial charge in [0.05, 0.1) is 42.2 Å². The maximum atomic E-state index is 14.1. The number of fused-ring (bicyclic) bond motifs is 4. The fourth-order valence-corrected chi connectivity index (χ4v) is 7.55. The molecule has 2 saturated heterocycles. The number of nitrogens with zero attached hydrogens (tertiary/aromatic N) is 2. The van der Waals surface area contributed by atoms with Crippen molar-refractivity contribution in [1.82, 2.24) is 0 Å². The van der Waals surface area contributed by atoms with Gasteiger partial charge in [0.15, 0.2) is 11.5 Å². The molecule has 4 aliphatic rings. The molecule has 0 aromatic heterocycles. The predicted molar refractivity (Wildman–Crippen MR) is 150 cm³/mol. The lowest BCUT2D eigenvalue weighted by molar-refractivity contribution is -0.126. The molecule has 0 radical (unpaired) electrons. The number of ether oxygens (including phenoxy) is 1. The van der Waals surface area contributed by atoms with Crippen LogP contribution >= 0.6 is 0 Å². The molecule has 2 heterocycles. The van der Waals surface area contributed by atoms with Crippen LogP contribution in [0.1, 0.15) is 24.3 Å². The Labute approximate surface area is 236 Å². The van der Waals surface area contributed by atoms with Crippen molar-refractivity contribution in [3.05, 3.63) is 96.1 Å². The van der Waals surface area contributed by atoms with Crippen LogP contribution in [0, 0.1) is 29.6 Å². The number of phenolic OH excluding ortho intramolecular Hbond substituents is 1. The van der Waals surface area contributed by atoms with Gasteiger partial charge in [-0.25, -0.2) is 0 Å². The number of carbonyl (C=O) groups excluding carboxylic acids is 4. The number of imide groups is 2. The molecule has 206 valence electrons. The van der Waals surface area contributed by atoms with Gasteiger partial charge in [0, 0.05) is 11.5 Å². The summed E-state index contributed by atoms with van der Waals surface area (Å²) in [6.07, 6.45) is 2.58. The fraction of sp³-hybridized carbons (Fsp3) is 0.273. The first-order valence-corrected chi connectivity index (χ1v) is 13.8. The number of anilines is 2. The van der Waals surface area contributed by atoms with E-state index < -0.39 is 35.5 Å². The lowest BCUT2D eigenvalue weighted by atomic mass is 9.57. The number of hydrogen-bond acceptors (Lipinski definition) is 6. The Morgan fingerprint density at radius 1 is 0.683 bits per heavy atom. The Hall–Kier alpha value is -4.72. The average molecular weight is 549 g/mol. The normalized spacial score (nSPS) is 28.8. The molecule has 3 fully saturated rings. The number of rotatable bonds is 4. The summed E-state index contributed by atoms with van der Waals surface area (Å²) in [7, 11) is 1.46. The van der Waals surface area contributed by atoms with Gasteiger partial charge in [-0.15, -0.1) is 0 Å². The average Bonchev–Trinajstić information content (AvgIpc) is 3.41. The van der Waals surface area contributed by atoms with Gasteiger partial charge in [0.2, 0.25) is 23.6 Å². The van der Waals surface area contributed by atoms with E-state index in [1.807, 2.05) is 18.2 Å². The summed E-state index contributed by atoms with van der Waals surface area (Å²) in [5.74, 6) is -4.82. The van der Waals surface area contributed by atoms with Gasteiger partial charge >= 0.3 is 0 Å². The largest absolute Gasteiger partial charge is 0.504 e. The Bertz CT molecular complexity index is 1620. The second kappa shape index (κ2) is 9.44. The topological polar surface area (TPSA) is 104 Å². The van der Waals surface area contributed by atoms with E-state index in [-0.39, 0.29) is 41.5 Å². The number of hydrogen-bond donors (Lipinski definition) is 1. The second-order valence-corrected chi connectivity index (χ2v) is 11.1. The van der Waals surface area contributed by atoms with E-state index in [2.05, 4.69) is 0 Å². The lowest BCUT2D eigenvalue weighted by Crippen LogP contribution is -2.43. The van der Waals surface area contributed by atoms with Gasteiger partial charge in [0.25, 0.3) is 0 Å². The highest BCUT2D eigenvalue weighted by molar-refractivity contribution is 6.24. The van der Waals surface area contributed by atoms with Crippen LogP contribution in [0.25, 0.3) is 0 Å². The quantitative estimate of drug-likeness (QED) is 0.382. The number of phenols is 1. The van der Waals surface area contributed by atoms with Crippen molar-refractivity contribution in [1.29, 1.82) is 0 Å². The first-order valence-electron chi connectivity index (χ1n) is 13.8. The predicted octanol–water partition coefficient (Wildman–Crippen LogP) is 4.45. The van der Waals surface area contributed by atoms with Crippen LogP contribution in [0.15, 0.2) is 90.5 Å². The molecule has 8 nitrogen and oxygen atoms in total. The number of carbonyl (C=O) groups is 4. The third-order valence-corrected chi connectivity index (χ3v) is 9.26. The van der Waals surface area contributed by atoms with Crippen molar-refractivity contribution in [3.8, 4) is 11.5 Å². The lowest BCUT2D eigenvalue weighted by Gasteiger charge is -2.44. The summed E-state index contributed by atoms with van der Waals surface area (Å²) in [4.78, 5) is 58.1. The van der Waals surface area contributed by atoms with Crippen LogP contribution in [0.5, 0.6) is 11.5 Å². The van der Waals surface area contributed by atoms with Gasteiger partial charge in [-0.05, 0) is 49.1 Å². The molecule has 0 bridgehead atoms. The minimum atomic E-state index is -0.766. The highest BCUT2D eigenvalue weighted by Gasteiger charge is 2.62. The van der Waals surface area contributed by atoms with Crippen LogP contribution in [0.4, 0.5) is 11.4 Å². The molecule has 1 N–H and O–H groups in total. The van der Waals surface area contributed by atoms with Crippen molar-refractivity contribution in [2.24, 2.45) is 29.6 Å². The van der Waals surface area contributed by atoms with E-state index in [9.17, 15) is 24.3 Å². The monoisotopic (exact) mass is 548 g/mol. The van der Waals surface area contributed by atoms with Gasteiger partial charge < -0.3 is 9.84 Å². The number of amides is 4. The summed E-state index contributed by atoms with van der Waals surface area (Å²) in [5, 5.41) is 11.3. The molecule has 4 amide bonds. The minimum Gasteiger partial charge on any atom is -0.504 e. The van der Waals surface area contributed by atoms with Crippen LogP contribution in [-0.2, 0) is 19.2 Å². The van der Waals surface area contributed by atoms with E-state index in [0.717, 1.165) is 5.57 Å². The van der Waals surface area contributed by atoms with Crippen LogP contribution < -0.4 is 14.5 Å². The van der Waals surface area contributed by atoms with Gasteiger partial charge in [-0.1, -0.05) is 60.2 Å². The van der Waals surface area contributed by atoms with Crippen LogP contribution in [0.2, 0.25) is 0 Å². The third kappa shape index (κ3) is 3.59. The molecule has 8 heteroatoms. The Balaban J connectivity index is 1.37. The first-order chi connectivity index (χ1) is 19.9. The second-order valence-electron chi connectivity index (χ2n) is 11.1. The van der Waals surface area contributed by atoms with Crippen molar-refractivity contribution in [2.45, 2.75) is 18.8 Å². The number of methoxy groups -OCH3 is 1. The zero-order chi connectivity index (χ0) is 28.4. The van der Waals surface area contributed by atoms with Gasteiger partial charge in [0.1, 0.15) is 0 Å². The van der Waals surface area contributed by atoms with Crippen molar-refractivity contribution < 1.29 is 29.0 Å². The Morgan fingerprint density at radius 2 is 1.27 bits per heavy atom. The molecule has 3 aromatic carbocycles. The molecule has 2 aliphatic carbocycles. The molecular formula is C33H28N2O6. The minimum absolute atomic E-state index is 0.0967.